The van der Waals surface area contributed by atoms with Crippen molar-refractivity contribution in [2.24, 2.45) is 0 Å². The van der Waals surface area contributed by atoms with Crippen LogP contribution in [0.3, 0.4) is 0 Å². The van der Waals surface area contributed by atoms with E-state index in [0.717, 1.165) is 0 Å². The summed E-state index contributed by atoms with van der Waals surface area (Å²) >= 11 is 16.0. The van der Waals surface area contributed by atoms with Crippen LogP contribution in [-0.4, -0.2) is 18.1 Å². The Morgan fingerprint density at radius 1 is 0.929 bits per heavy atom. The molecule has 0 spiro atoms. The van der Waals surface area contributed by atoms with Crippen molar-refractivity contribution in [1.82, 2.24) is 0 Å². The number of hydrogen-bond donors (Lipinski definition) is 0. The molecule has 0 aliphatic carbocycles. The first kappa shape index (κ1) is 14.7. The maximum atomic E-state index is 12.3. The number of rotatable bonds is 4. The first-order valence-corrected chi connectivity index (χ1v) is 8.71. The van der Waals surface area contributed by atoms with Gasteiger partial charge in [-0.05, 0) is 12.5 Å². The average Bonchev–Trinajstić information content (AvgIpc) is 1.80. The summed E-state index contributed by atoms with van der Waals surface area (Å²) in [7, 11) is 0. The van der Waals surface area contributed by atoms with E-state index in [1.165, 1.54) is 0 Å². The van der Waals surface area contributed by atoms with E-state index < -0.39 is 30.9 Å². The van der Waals surface area contributed by atoms with Crippen LogP contribution in [0.2, 0.25) is 6.04 Å². The molecule has 0 atom stereocenters. The molecule has 0 N–H and O–H groups in total. The Morgan fingerprint density at radius 3 is 1.64 bits per heavy atom. The minimum Gasteiger partial charge on any atom is -0.196 e. The predicted octanol–water partition coefficient (Wildman–Crippen LogP) is 4.62. The maximum Gasteiger partial charge on any atom is 0.453 e. The van der Waals surface area contributed by atoms with E-state index in [9.17, 15) is 22.0 Å². The molecule has 0 bridgehead atoms. The van der Waals surface area contributed by atoms with Gasteiger partial charge in [0.1, 0.15) is 0 Å². The summed E-state index contributed by atoms with van der Waals surface area (Å²) in [6.45, 7) is 0. The van der Waals surface area contributed by atoms with Gasteiger partial charge in [0.05, 0.1) is 0 Å². The zero-order valence-corrected chi connectivity index (χ0v) is 9.91. The highest BCUT2D eigenvalue weighted by atomic mass is 35.8. The van der Waals surface area contributed by atoms with Crippen LogP contribution in [0.1, 0.15) is 12.8 Å². The highest BCUT2D eigenvalue weighted by Gasteiger charge is 2.56. The lowest BCUT2D eigenvalue weighted by Gasteiger charge is -2.19. The molecule has 9 heteroatoms. The summed E-state index contributed by atoms with van der Waals surface area (Å²) in [5.41, 5.74) is 0. The molecule has 86 valence electrons. The summed E-state index contributed by atoms with van der Waals surface area (Å²) < 4.78 is 59.4. The van der Waals surface area contributed by atoms with Crippen molar-refractivity contribution in [3.8, 4) is 0 Å². The van der Waals surface area contributed by atoms with Crippen LogP contribution in [0, 0.1) is 0 Å². The van der Waals surface area contributed by atoms with Gasteiger partial charge in [0.25, 0.3) is 0 Å². The fraction of sp³-hybridized carbons (Fsp3) is 1.00. The van der Waals surface area contributed by atoms with E-state index >= 15 is 0 Å². The fourth-order valence-electron chi connectivity index (χ4n) is 0.653. The number of hydrogen-bond acceptors (Lipinski definition) is 0. The molecule has 0 aromatic heterocycles. The van der Waals surface area contributed by atoms with Gasteiger partial charge in [-0.15, -0.1) is 33.2 Å². The maximum absolute atomic E-state index is 12.3. The molecule has 0 radical (unpaired) electrons. The van der Waals surface area contributed by atoms with Crippen molar-refractivity contribution in [3.05, 3.63) is 0 Å². The quantitative estimate of drug-likeness (QED) is 0.403. The van der Waals surface area contributed by atoms with Gasteiger partial charge in [-0.3, -0.25) is 0 Å². The summed E-state index contributed by atoms with van der Waals surface area (Å²) in [5.74, 6) is -4.70. The van der Waals surface area contributed by atoms with Crippen LogP contribution in [0.25, 0.3) is 0 Å². The number of alkyl halides is 5. The van der Waals surface area contributed by atoms with Crippen molar-refractivity contribution in [1.29, 1.82) is 0 Å². The highest BCUT2D eigenvalue weighted by Crippen LogP contribution is 2.40. The van der Waals surface area contributed by atoms with Crippen LogP contribution in [0.15, 0.2) is 0 Å². The molecule has 14 heavy (non-hydrogen) atoms. The van der Waals surface area contributed by atoms with Crippen LogP contribution >= 0.6 is 33.2 Å². The summed E-state index contributed by atoms with van der Waals surface area (Å²) in [4.78, 5) is 0. The molecule has 0 unspecified atom stereocenters. The molecule has 0 aromatic rings. The third kappa shape index (κ3) is 5.58. The normalized spacial score (nSPS) is 14.6. The minimum absolute atomic E-state index is 0.205. The Morgan fingerprint density at radius 2 is 1.36 bits per heavy atom. The second-order valence-corrected chi connectivity index (χ2v) is 11.9. The van der Waals surface area contributed by atoms with Gasteiger partial charge in [-0.2, -0.15) is 22.0 Å². The van der Waals surface area contributed by atoms with E-state index in [-0.39, 0.29) is 6.04 Å². The van der Waals surface area contributed by atoms with Crippen molar-refractivity contribution in [2.45, 2.75) is 31.0 Å². The zero-order chi connectivity index (χ0) is 11.6. The molecule has 0 amide bonds. The van der Waals surface area contributed by atoms with Gasteiger partial charge in [0, 0.05) is 6.42 Å². The SMILES string of the molecule is FC(F)(F)C(F)(F)CCC[Si](Cl)(Cl)Cl. The van der Waals surface area contributed by atoms with Gasteiger partial charge >= 0.3 is 18.1 Å². The highest BCUT2D eigenvalue weighted by molar-refractivity contribution is 7.64. The van der Waals surface area contributed by atoms with Crippen molar-refractivity contribution >= 4 is 39.2 Å². The molecule has 0 saturated carbocycles. The lowest BCUT2D eigenvalue weighted by molar-refractivity contribution is -0.284. The van der Waals surface area contributed by atoms with Crippen LogP contribution < -0.4 is 0 Å². The average molecular weight is 296 g/mol. The topological polar surface area (TPSA) is 0 Å². The molecule has 0 aliphatic rings. The largest absolute Gasteiger partial charge is 0.453 e. The fourth-order valence-corrected chi connectivity index (χ4v) is 2.43. The van der Waals surface area contributed by atoms with Crippen molar-refractivity contribution in [3.63, 3.8) is 0 Å². The lowest BCUT2D eigenvalue weighted by atomic mass is 10.2. The van der Waals surface area contributed by atoms with E-state index in [1.54, 1.807) is 0 Å². The number of halogens is 8. The molecule has 0 aromatic carbocycles. The van der Waals surface area contributed by atoms with E-state index in [2.05, 4.69) is 0 Å². The third-order valence-electron chi connectivity index (χ3n) is 1.37. The Kier molecular flexibility index (Phi) is 4.96. The molecular weight excluding hydrogens is 289 g/mol. The molecule has 0 saturated heterocycles. The molecular formula is C5H6Cl3F5Si. The van der Waals surface area contributed by atoms with E-state index in [0.29, 0.717) is 0 Å². The summed E-state index contributed by atoms with van der Waals surface area (Å²) in [6, 6.07) is -3.31. The Balaban J connectivity index is 4.02. The van der Waals surface area contributed by atoms with Crippen LogP contribution in [-0.2, 0) is 0 Å². The molecule has 0 fully saturated rings. The van der Waals surface area contributed by atoms with E-state index in [4.69, 9.17) is 33.2 Å². The zero-order valence-electron chi connectivity index (χ0n) is 6.65. The smallest absolute Gasteiger partial charge is 0.196 e. The second-order valence-electron chi connectivity index (χ2n) is 2.67. The minimum atomic E-state index is -5.53. The Labute approximate surface area is 92.4 Å². The van der Waals surface area contributed by atoms with Gasteiger partial charge in [0.15, 0.2) is 0 Å². The summed E-state index contributed by atoms with van der Waals surface area (Å²) in [5, 5.41) is 0. The van der Waals surface area contributed by atoms with Crippen LogP contribution in [0.5, 0.6) is 0 Å². The van der Waals surface area contributed by atoms with Crippen molar-refractivity contribution < 1.29 is 22.0 Å². The van der Waals surface area contributed by atoms with Gasteiger partial charge in [-0.1, -0.05) is 0 Å². The van der Waals surface area contributed by atoms with Crippen LogP contribution in [0.4, 0.5) is 22.0 Å². The van der Waals surface area contributed by atoms with Gasteiger partial charge in [-0.25, -0.2) is 0 Å². The molecule has 0 aliphatic heterocycles. The molecule has 0 rings (SSSR count). The molecule has 0 nitrogen and oxygen atoms in total. The monoisotopic (exact) mass is 294 g/mol. The Hall–Kier alpha value is 0.737. The first-order valence-electron chi connectivity index (χ1n) is 3.47. The van der Waals surface area contributed by atoms with Crippen molar-refractivity contribution in [2.75, 3.05) is 0 Å². The summed E-state index contributed by atoms with van der Waals surface area (Å²) in [6.07, 6.45) is -7.31. The van der Waals surface area contributed by atoms with Gasteiger partial charge in [0.2, 0.25) is 0 Å². The Bertz CT molecular complexity index is 187. The first-order chi connectivity index (χ1) is 5.96. The standard InChI is InChI=1S/C5H6Cl3F5Si/c6-14(7,8)3-1-2-4(9,10)5(11,12)13/h1-3H2. The third-order valence-corrected chi connectivity index (χ3v) is 3.99. The second kappa shape index (κ2) is 4.72. The van der Waals surface area contributed by atoms with E-state index in [1.807, 2.05) is 0 Å². The van der Waals surface area contributed by atoms with Gasteiger partial charge < -0.3 is 0 Å². The predicted molar refractivity (Wildman–Crippen MR) is 48.4 cm³/mol. The lowest BCUT2D eigenvalue weighted by Crippen LogP contribution is -2.36. The molecule has 0 heterocycles.